The van der Waals surface area contributed by atoms with E-state index in [9.17, 15) is 4.79 Å². The predicted molar refractivity (Wildman–Crippen MR) is 79.0 cm³/mol. The van der Waals surface area contributed by atoms with Gasteiger partial charge in [0.25, 0.3) is 0 Å². The van der Waals surface area contributed by atoms with Gasteiger partial charge in [-0.05, 0) is 30.2 Å². The second-order valence-electron chi connectivity index (χ2n) is 4.41. The number of carboxylic acid groups (broad SMARTS) is 1. The highest BCUT2D eigenvalue weighted by Crippen LogP contribution is 2.14. The van der Waals surface area contributed by atoms with Gasteiger partial charge in [-0.3, -0.25) is 0 Å². The van der Waals surface area contributed by atoms with Crippen LogP contribution in [0.15, 0.2) is 30.3 Å². The zero-order valence-electron chi connectivity index (χ0n) is 11.9. The molecule has 1 aromatic rings. The molecule has 0 saturated carbocycles. The highest BCUT2D eigenvalue weighted by molar-refractivity contribution is 5.85. The quantitative estimate of drug-likeness (QED) is 0.526. The molecule has 0 aliphatic heterocycles. The number of hydrogen-bond donors (Lipinski definition) is 1. The maximum absolute atomic E-state index is 10.4. The fourth-order valence-electron chi connectivity index (χ4n) is 1.65. The lowest BCUT2D eigenvalue weighted by atomic mass is 10.2. The van der Waals surface area contributed by atoms with Crippen molar-refractivity contribution in [1.29, 1.82) is 0 Å². The Kier molecular flexibility index (Phi) is 8.15. The predicted octanol–water partition coefficient (Wildman–Crippen LogP) is 3.37. The van der Waals surface area contributed by atoms with Crippen LogP contribution in [-0.4, -0.2) is 30.9 Å². The Balaban J connectivity index is 2.26. The summed E-state index contributed by atoms with van der Waals surface area (Å²) in [5.41, 5.74) is 0.800. The van der Waals surface area contributed by atoms with Crippen molar-refractivity contribution in [2.24, 2.45) is 0 Å². The summed E-state index contributed by atoms with van der Waals surface area (Å²) in [6.45, 7) is 4.00. The van der Waals surface area contributed by atoms with Crippen molar-refractivity contribution in [3.8, 4) is 5.75 Å². The van der Waals surface area contributed by atoms with Gasteiger partial charge >= 0.3 is 5.97 Å². The van der Waals surface area contributed by atoms with Crippen LogP contribution in [0.1, 0.15) is 31.7 Å². The average Bonchev–Trinajstić information content (AvgIpc) is 2.45. The number of carboxylic acids is 1. The second kappa shape index (κ2) is 10.0. The molecule has 0 fully saturated rings. The molecule has 0 heterocycles. The highest BCUT2D eigenvalue weighted by atomic mass is 16.5. The van der Waals surface area contributed by atoms with Gasteiger partial charge in [0.05, 0.1) is 6.61 Å². The molecular weight excluding hydrogens is 256 g/mol. The molecule has 1 N–H and O–H groups in total. The monoisotopic (exact) mass is 278 g/mol. The topological polar surface area (TPSA) is 55.8 Å². The van der Waals surface area contributed by atoms with Gasteiger partial charge in [-0.2, -0.15) is 0 Å². The van der Waals surface area contributed by atoms with Gasteiger partial charge in [0.15, 0.2) is 0 Å². The smallest absolute Gasteiger partial charge is 0.328 e. The molecule has 0 spiro atoms. The number of unbranched alkanes of at least 4 members (excludes halogenated alkanes) is 2. The number of carbonyl (C=O) groups is 1. The summed E-state index contributed by atoms with van der Waals surface area (Å²) in [4.78, 5) is 10.4. The lowest BCUT2D eigenvalue weighted by Crippen LogP contribution is -2.07. The van der Waals surface area contributed by atoms with Crippen LogP contribution in [0.3, 0.4) is 0 Å². The molecule has 0 radical (unpaired) electrons. The summed E-state index contributed by atoms with van der Waals surface area (Å²) >= 11 is 0. The zero-order valence-corrected chi connectivity index (χ0v) is 11.9. The Morgan fingerprint density at radius 2 is 2.10 bits per heavy atom. The van der Waals surface area contributed by atoms with Crippen molar-refractivity contribution in [1.82, 2.24) is 0 Å². The van der Waals surface area contributed by atoms with Crippen LogP contribution in [0.2, 0.25) is 0 Å². The maximum Gasteiger partial charge on any atom is 0.328 e. The third-order valence-electron chi connectivity index (χ3n) is 2.67. The number of hydrogen-bond acceptors (Lipinski definition) is 3. The Bertz CT molecular complexity index is 426. The van der Waals surface area contributed by atoms with Crippen LogP contribution in [0, 0.1) is 0 Å². The van der Waals surface area contributed by atoms with Gasteiger partial charge in [-0.25, -0.2) is 4.79 Å². The molecule has 1 aromatic carbocycles. The van der Waals surface area contributed by atoms with Crippen molar-refractivity contribution in [3.05, 3.63) is 35.9 Å². The molecule has 20 heavy (non-hydrogen) atoms. The van der Waals surface area contributed by atoms with E-state index >= 15 is 0 Å². The normalized spacial score (nSPS) is 10.8. The molecule has 4 nitrogen and oxygen atoms in total. The largest absolute Gasteiger partial charge is 0.491 e. The molecule has 110 valence electrons. The Morgan fingerprint density at radius 1 is 1.25 bits per heavy atom. The lowest BCUT2D eigenvalue weighted by molar-refractivity contribution is -0.131. The van der Waals surface area contributed by atoms with E-state index in [0.29, 0.717) is 13.2 Å². The van der Waals surface area contributed by atoms with Crippen LogP contribution in [0.5, 0.6) is 5.75 Å². The summed E-state index contributed by atoms with van der Waals surface area (Å²) in [5.74, 6) is -0.244. The summed E-state index contributed by atoms with van der Waals surface area (Å²) in [6.07, 6.45) is 6.12. The molecular formula is C16H22O4. The van der Waals surface area contributed by atoms with Crippen molar-refractivity contribution >= 4 is 12.0 Å². The minimum Gasteiger partial charge on any atom is -0.491 e. The third kappa shape index (κ3) is 7.59. The number of benzene rings is 1. The molecule has 0 atom stereocenters. The van der Waals surface area contributed by atoms with Gasteiger partial charge in [-0.1, -0.05) is 31.9 Å². The van der Waals surface area contributed by atoms with Gasteiger partial charge in [0.2, 0.25) is 0 Å². The van der Waals surface area contributed by atoms with Gasteiger partial charge in [0, 0.05) is 12.7 Å². The van der Waals surface area contributed by atoms with Crippen molar-refractivity contribution in [3.63, 3.8) is 0 Å². The third-order valence-corrected chi connectivity index (χ3v) is 2.67. The summed E-state index contributed by atoms with van der Waals surface area (Å²) in [7, 11) is 0. The minimum atomic E-state index is -0.961. The summed E-state index contributed by atoms with van der Waals surface area (Å²) < 4.78 is 11.0. The second-order valence-corrected chi connectivity index (χ2v) is 4.41. The lowest BCUT2D eigenvalue weighted by Gasteiger charge is -2.07. The molecule has 0 aromatic heterocycles. The highest BCUT2D eigenvalue weighted by Gasteiger charge is 1.96. The van der Waals surface area contributed by atoms with Crippen molar-refractivity contribution in [2.45, 2.75) is 26.2 Å². The van der Waals surface area contributed by atoms with E-state index in [1.807, 2.05) is 18.2 Å². The molecule has 0 aliphatic carbocycles. The molecule has 4 heteroatoms. The minimum absolute atomic E-state index is 0.498. The van der Waals surface area contributed by atoms with E-state index in [2.05, 4.69) is 6.92 Å². The van der Waals surface area contributed by atoms with E-state index in [0.717, 1.165) is 30.4 Å². The first-order valence-electron chi connectivity index (χ1n) is 6.94. The van der Waals surface area contributed by atoms with Crippen LogP contribution in [-0.2, 0) is 9.53 Å². The van der Waals surface area contributed by atoms with E-state index < -0.39 is 5.97 Å². The first-order valence-corrected chi connectivity index (χ1v) is 6.94. The molecule has 1 rings (SSSR count). The summed E-state index contributed by atoms with van der Waals surface area (Å²) in [6, 6.07) is 7.30. The maximum atomic E-state index is 10.4. The number of aliphatic carboxylic acids is 1. The molecule has 0 saturated heterocycles. The van der Waals surface area contributed by atoms with Crippen LogP contribution in [0.25, 0.3) is 6.08 Å². The van der Waals surface area contributed by atoms with Crippen molar-refractivity contribution < 1.29 is 19.4 Å². The molecule has 0 amide bonds. The van der Waals surface area contributed by atoms with Gasteiger partial charge < -0.3 is 14.6 Å². The molecule has 0 unspecified atom stereocenters. The zero-order chi connectivity index (χ0) is 14.6. The fraction of sp³-hybridized carbons (Fsp3) is 0.438. The van der Waals surface area contributed by atoms with Gasteiger partial charge in [0.1, 0.15) is 12.4 Å². The molecule has 0 bridgehead atoms. The van der Waals surface area contributed by atoms with E-state index in [-0.39, 0.29) is 0 Å². The molecule has 0 aliphatic rings. The van der Waals surface area contributed by atoms with E-state index in [1.54, 1.807) is 6.07 Å². The SMILES string of the molecule is CCCCCOCCOc1cccc(C=CC(=O)O)c1. The number of ether oxygens (including phenoxy) is 2. The van der Waals surface area contributed by atoms with Crippen LogP contribution < -0.4 is 4.74 Å². The fourth-order valence-corrected chi connectivity index (χ4v) is 1.65. The van der Waals surface area contributed by atoms with Gasteiger partial charge in [-0.15, -0.1) is 0 Å². The van der Waals surface area contributed by atoms with Crippen LogP contribution in [0.4, 0.5) is 0 Å². The Morgan fingerprint density at radius 3 is 2.85 bits per heavy atom. The van der Waals surface area contributed by atoms with Crippen molar-refractivity contribution in [2.75, 3.05) is 19.8 Å². The number of rotatable bonds is 10. The van der Waals surface area contributed by atoms with E-state index in [4.69, 9.17) is 14.6 Å². The summed E-state index contributed by atoms with van der Waals surface area (Å²) in [5, 5.41) is 8.57. The van der Waals surface area contributed by atoms with E-state index in [1.165, 1.54) is 18.9 Å². The Hall–Kier alpha value is -1.81. The Labute approximate surface area is 120 Å². The first kappa shape index (κ1) is 16.2. The first-order chi connectivity index (χ1) is 9.72. The average molecular weight is 278 g/mol. The standard InChI is InChI=1S/C16H22O4/c1-2-3-4-10-19-11-12-20-15-7-5-6-14(13-15)8-9-16(17)18/h5-9,13H,2-4,10-12H2,1H3,(H,17,18). The van der Waals surface area contributed by atoms with Crippen LogP contribution >= 0.6 is 0 Å².